The molecule has 0 saturated heterocycles. The zero-order valence-electron chi connectivity index (χ0n) is 28.1. The molecule has 0 aromatic carbocycles. The van der Waals surface area contributed by atoms with E-state index in [-0.39, 0.29) is 12.3 Å². The van der Waals surface area contributed by atoms with Crippen LogP contribution in [-0.4, -0.2) is 46.1 Å². The Morgan fingerprint density at radius 3 is 1.56 bits per heavy atom. The second kappa shape index (κ2) is 33.2. The van der Waals surface area contributed by atoms with E-state index in [2.05, 4.69) is 61.7 Å². The first-order valence-electron chi connectivity index (χ1n) is 17.9. The van der Waals surface area contributed by atoms with E-state index < -0.39 is 24.9 Å². The summed E-state index contributed by atoms with van der Waals surface area (Å²) >= 11 is 0. The van der Waals surface area contributed by atoms with Gasteiger partial charge in [-0.25, -0.2) is 0 Å². The summed E-state index contributed by atoms with van der Waals surface area (Å²) in [5.74, 6) is -0.229. The molecule has 250 valence electrons. The number of unbranched alkanes of at least 4 members (excludes halogenated alkanes) is 15. The quantitative estimate of drug-likeness (QED) is 0.0469. The van der Waals surface area contributed by atoms with Crippen molar-refractivity contribution in [1.29, 1.82) is 0 Å². The Morgan fingerprint density at radius 2 is 1.02 bits per heavy atom. The van der Waals surface area contributed by atoms with Gasteiger partial charge in [0.1, 0.15) is 6.10 Å². The fourth-order valence-electron chi connectivity index (χ4n) is 5.05. The summed E-state index contributed by atoms with van der Waals surface area (Å²) in [6.45, 7) is 4.09. The molecule has 0 bridgehead atoms. The van der Waals surface area contributed by atoms with E-state index in [1.807, 2.05) is 6.08 Å². The number of nitrogens with one attached hydrogen (secondary N) is 1. The van der Waals surface area contributed by atoms with Gasteiger partial charge in [0.15, 0.2) is 0 Å². The molecule has 43 heavy (non-hydrogen) atoms. The van der Waals surface area contributed by atoms with Crippen LogP contribution in [0.15, 0.2) is 48.6 Å². The molecule has 4 N–H and O–H groups in total. The van der Waals surface area contributed by atoms with Crippen LogP contribution in [0.2, 0.25) is 0 Å². The van der Waals surface area contributed by atoms with Gasteiger partial charge in [-0.1, -0.05) is 133 Å². The van der Waals surface area contributed by atoms with E-state index in [4.69, 9.17) is 0 Å². The minimum absolute atomic E-state index is 0.229. The molecule has 5 nitrogen and oxygen atoms in total. The molecule has 0 saturated carbocycles. The molecular formula is C38H69NO4. The van der Waals surface area contributed by atoms with Crippen LogP contribution in [0.4, 0.5) is 0 Å². The molecule has 0 aliphatic rings. The molecule has 0 aromatic rings. The van der Waals surface area contributed by atoms with Crippen molar-refractivity contribution in [3.8, 4) is 0 Å². The SMILES string of the molecule is CCCCCCCC/C=C\C/C=C\CCC(=O)NC(CO)C(O)C(O)CCC/C=C/CC/C=C/CCCCCCCCC. The van der Waals surface area contributed by atoms with Gasteiger partial charge in [0.05, 0.1) is 18.8 Å². The number of carbonyl (C=O) groups excluding carboxylic acids is 1. The van der Waals surface area contributed by atoms with E-state index in [1.54, 1.807) is 0 Å². The zero-order valence-corrected chi connectivity index (χ0v) is 28.1. The van der Waals surface area contributed by atoms with Crippen LogP contribution in [0.25, 0.3) is 0 Å². The second-order valence-electron chi connectivity index (χ2n) is 12.0. The average molecular weight is 604 g/mol. The topological polar surface area (TPSA) is 89.8 Å². The number of allylic oxidation sites excluding steroid dienone is 8. The summed E-state index contributed by atoms with van der Waals surface area (Å²) in [4.78, 5) is 12.3. The Kier molecular flexibility index (Phi) is 31.9. The molecule has 0 fully saturated rings. The molecule has 3 unspecified atom stereocenters. The van der Waals surface area contributed by atoms with Gasteiger partial charge < -0.3 is 20.6 Å². The molecule has 0 radical (unpaired) electrons. The smallest absolute Gasteiger partial charge is 0.220 e. The fourth-order valence-corrected chi connectivity index (χ4v) is 5.05. The van der Waals surface area contributed by atoms with Gasteiger partial charge in [0, 0.05) is 6.42 Å². The van der Waals surface area contributed by atoms with E-state index in [1.165, 1.54) is 89.9 Å². The largest absolute Gasteiger partial charge is 0.394 e. The summed E-state index contributed by atoms with van der Waals surface area (Å²) in [7, 11) is 0. The van der Waals surface area contributed by atoms with Gasteiger partial charge in [-0.2, -0.15) is 0 Å². The van der Waals surface area contributed by atoms with E-state index in [9.17, 15) is 20.1 Å². The predicted octanol–water partition coefficient (Wildman–Crippen LogP) is 9.42. The Labute approximate surface area is 266 Å². The van der Waals surface area contributed by atoms with Crippen molar-refractivity contribution >= 4 is 5.91 Å². The normalized spacial score (nSPS) is 14.4. The lowest BCUT2D eigenvalue weighted by Crippen LogP contribution is -2.50. The van der Waals surface area contributed by atoms with Crippen molar-refractivity contribution in [1.82, 2.24) is 5.32 Å². The first-order chi connectivity index (χ1) is 21.1. The highest BCUT2D eigenvalue weighted by Gasteiger charge is 2.26. The Bertz CT molecular complexity index is 715. The second-order valence-corrected chi connectivity index (χ2v) is 12.0. The lowest BCUT2D eigenvalue weighted by molar-refractivity contribution is -0.124. The fraction of sp³-hybridized carbons (Fsp3) is 0.763. The third kappa shape index (κ3) is 28.8. The lowest BCUT2D eigenvalue weighted by Gasteiger charge is -2.26. The number of amides is 1. The van der Waals surface area contributed by atoms with E-state index >= 15 is 0 Å². The summed E-state index contributed by atoms with van der Waals surface area (Å²) in [5.41, 5.74) is 0. The van der Waals surface area contributed by atoms with Gasteiger partial charge >= 0.3 is 0 Å². The molecule has 3 atom stereocenters. The van der Waals surface area contributed by atoms with Crippen molar-refractivity contribution in [2.45, 2.75) is 180 Å². The lowest BCUT2D eigenvalue weighted by atomic mass is 10.0. The van der Waals surface area contributed by atoms with Gasteiger partial charge in [-0.15, -0.1) is 0 Å². The Balaban J connectivity index is 3.88. The molecule has 5 heteroatoms. The minimum atomic E-state index is -1.19. The van der Waals surface area contributed by atoms with Crippen molar-refractivity contribution in [2.24, 2.45) is 0 Å². The molecule has 0 aliphatic heterocycles. The van der Waals surface area contributed by atoms with Crippen molar-refractivity contribution in [3.05, 3.63) is 48.6 Å². The van der Waals surface area contributed by atoms with E-state index in [0.717, 1.165) is 38.5 Å². The molecule has 0 heterocycles. The summed E-state index contributed by atoms with van der Waals surface area (Å²) in [5, 5.41) is 33.2. The number of hydrogen-bond donors (Lipinski definition) is 4. The third-order valence-electron chi connectivity index (χ3n) is 7.90. The van der Waals surface area contributed by atoms with Gasteiger partial charge in [0.2, 0.25) is 5.91 Å². The maximum atomic E-state index is 12.3. The first kappa shape index (κ1) is 41.3. The molecular weight excluding hydrogens is 534 g/mol. The first-order valence-corrected chi connectivity index (χ1v) is 17.9. The van der Waals surface area contributed by atoms with Crippen molar-refractivity contribution < 1.29 is 20.1 Å². The number of hydrogen-bond acceptors (Lipinski definition) is 4. The van der Waals surface area contributed by atoms with Crippen LogP contribution in [-0.2, 0) is 4.79 Å². The third-order valence-corrected chi connectivity index (χ3v) is 7.90. The predicted molar refractivity (Wildman–Crippen MR) is 185 cm³/mol. The zero-order chi connectivity index (χ0) is 31.6. The highest BCUT2D eigenvalue weighted by atomic mass is 16.3. The number of carbonyl (C=O) groups is 1. The minimum Gasteiger partial charge on any atom is -0.394 e. The number of aliphatic hydroxyl groups excluding tert-OH is 3. The number of aliphatic hydroxyl groups is 3. The summed E-state index contributed by atoms with van der Waals surface area (Å²) in [6, 6.07) is -0.861. The molecule has 0 aliphatic carbocycles. The molecule has 1 amide bonds. The summed E-state index contributed by atoms with van der Waals surface area (Å²) in [6.07, 6.45) is 40.7. The van der Waals surface area contributed by atoms with Crippen LogP contribution in [0.1, 0.15) is 162 Å². The van der Waals surface area contributed by atoms with Crippen LogP contribution in [0.5, 0.6) is 0 Å². The number of rotatable bonds is 31. The summed E-state index contributed by atoms with van der Waals surface area (Å²) < 4.78 is 0. The molecule has 0 spiro atoms. The van der Waals surface area contributed by atoms with Gasteiger partial charge in [0.25, 0.3) is 0 Å². The maximum absolute atomic E-state index is 12.3. The Hall–Kier alpha value is -1.69. The molecule has 0 aromatic heterocycles. The van der Waals surface area contributed by atoms with Crippen molar-refractivity contribution in [3.63, 3.8) is 0 Å². The monoisotopic (exact) mass is 604 g/mol. The maximum Gasteiger partial charge on any atom is 0.220 e. The van der Waals surface area contributed by atoms with Crippen LogP contribution in [0.3, 0.4) is 0 Å². The molecule has 0 rings (SSSR count). The van der Waals surface area contributed by atoms with Gasteiger partial charge in [-0.05, 0) is 70.6 Å². The van der Waals surface area contributed by atoms with Crippen LogP contribution < -0.4 is 5.32 Å². The highest BCUT2D eigenvalue weighted by molar-refractivity contribution is 5.76. The highest BCUT2D eigenvalue weighted by Crippen LogP contribution is 2.12. The van der Waals surface area contributed by atoms with Crippen molar-refractivity contribution in [2.75, 3.05) is 6.61 Å². The standard InChI is InChI=1S/C38H69NO4/c1-3-5-7-9-11-13-15-17-18-19-21-22-24-26-28-30-32-36(41)38(43)35(34-40)39-37(42)33-31-29-27-25-23-20-16-14-12-10-8-6-4-2/h18-20,23-24,26-27,29,35-36,38,40-41,43H,3-17,21-22,25,28,30-34H2,1-2H3,(H,39,42)/b19-18+,23-20-,26-24+,29-27-. The van der Waals surface area contributed by atoms with Gasteiger partial charge in [-0.3, -0.25) is 4.79 Å². The van der Waals surface area contributed by atoms with Crippen LogP contribution >= 0.6 is 0 Å². The van der Waals surface area contributed by atoms with Crippen LogP contribution in [0, 0.1) is 0 Å². The van der Waals surface area contributed by atoms with E-state index in [0.29, 0.717) is 12.8 Å². The average Bonchev–Trinajstić information content (AvgIpc) is 3.01. The Morgan fingerprint density at radius 1 is 0.581 bits per heavy atom.